The second-order valence-corrected chi connectivity index (χ2v) is 7.56. The zero-order valence-electron chi connectivity index (χ0n) is 15.1. The number of methoxy groups -OCH3 is 1. The van der Waals surface area contributed by atoms with Gasteiger partial charge in [-0.15, -0.1) is 0 Å². The summed E-state index contributed by atoms with van der Waals surface area (Å²) >= 11 is 0. The van der Waals surface area contributed by atoms with E-state index in [4.69, 9.17) is 4.74 Å². The summed E-state index contributed by atoms with van der Waals surface area (Å²) in [7, 11) is 3.69. The van der Waals surface area contributed by atoms with Crippen LogP contribution in [0.1, 0.15) is 30.7 Å². The maximum absolute atomic E-state index is 11.6. The fourth-order valence-corrected chi connectivity index (χ4v) is 4.82. The molecule has 2 atom stereocenters. The Balaban J connectivity index is 1.56. The standard InChI is InChI=1S/C20H27N3O2/c1-22-10-9-21-19(22)20(24)16-6-4-7-17(20)14-23(13-16)12-15-5-3-8-18(11-15)25-2/h3,5,8-11,16-17,24H,4,6-7,12-14H2,1-2H3. The molecule has 1 aromatic heterocycles. The Bertz CT molecular complexity index is 728. The number of aryl methyl sites for hydroxylation is 1. The zero-order chi connectivity index (χ0) is 17.4. The molecule has 5 nitrogen and oxygen atoms in total. The van der Waals surface area contributed by atoms with Crippen LogP contribution in [0.5, 0.6) is 5.75 Å². The van der Waals surface area contributed by atoms with E-state index in [-0.39, 0.29) is 11.8 Å². The molecule has 0 spiro atoms. The highest BCUT2D eigenvalue weighted by Gasteiger charge is 2.53. The smallest absolute Gasteiger partial charge is 0.141 e. The monoisotopic (exact) mass is 341 g/mol. The molecule has 0 amide bonds. The molecule has 1 aliphatic heterocycles. The van der Waals surface area contributed by atoms with Crippen molar-refractivity contribution >= 4 is 0 Å². The Morgan fingerprint density at radius 1 is 1.28 bits per heavy atom. The third kappa shape index (κ3) is 2.85. The predicted octanol–water partition coefficient (Wildman–Crippen LogP) is 2.55. The van der Waals surface area contributed by atoms with Crippen LogP contribution in [0.15, 0.2) is 36.7 Å². The number of piperidine rings is 1. The van der Waals surface area contributed by atoms with Crippen molar-refractivity contribution in [1.82, 2.24) is 14.5 Å². The highest BCUT2D eigenvalue weighted by atomic mass is 16.5. The first-order valence-electron chi connectivity index (χ1n) is 9.16. The maximum atomic E-state index is 11.6. The normalized spacial score (nSPS) is 29.6. The first kappa shape index (κ1) is 16.6. The van der Waals surface area contributed by atoms with Crippen molar-refractivity contribution in [3.8, 4) is 5.75 Å². The van der Waals surface area contributed by atoms with Crippen LogP contribution in [-0.2, 0) is 19.2 Å². The molecule has 2 aliphatic rings. The molecule has 1 aliphatic carbocycles. The fraction of sp³-hybridized carbons (Fsp3) is 0.550. The van der Waals surface area contributed by atoms with E-state index in [1.54, 1.807) is 13.3 Å². The van der Waals surface area contributed by atoms with Crippen molar-refractivity contribution in [2.24, 2.45) is 18.9 Å². The molecule has 1 saturated heterocycles. The maximum Gasteiger partial charge on any atom is 0.141 e. The molecular formula is C20H27N3O2. The number of hydrogen-bond acceptors (Lipinski definition) is 4. The minimum atomic E-state index is -0.790. The first-order chi connectivity index (χ1) is 12.1. The van der Waals surface area contributed by atoms with Crippen LogP contribution in [-0.4, -0.2) is 39.8 Å². The van der Waals surface area contributed by atoms with Crippen LogP contribution < -0.4 is 4.74 Å². The van der Waals surface area contributed by atoms with E-state index in [1.165, 1.54) is 12.0 Å². The minimum absolute atomic E-state index is 0.242. The molecule has 2 fully saturated rings. The van der Waals surface area contributed by atoms with Gasteiger partial charge in [0.25, 0.3) is 0 Å². The number of nitrogens with zero attached hydrogens (tertiary/aromatic N) is 3. The molecule has 25 heavy (non-hydrogen) atoms. The van der Waals surface area contributed by atoms with Gasteiger partial charge in [0.1, 0.15) is 17.2 Å². The van der Waals surface area contributed by atoms with Crippen LogP contribution in [0.2, 0.25) is 0 Å². The van der Waals surface area contributed by atoms with Gasteiger partial charge in [-0.1, -0.05) is 18.6 Å². The van der Waals surface area contributed by atoms with Gasteiger partial charge >= 0.3 is 0 Å². The number of ether oxygens (including phenoxy) is 1. The average molecular weight is 341 g/mol. The highest BCUT2D eigenvalue weighted by molar-refractivity contribution is 5.28. The third-order valence-electron chi connectivity index (χ3n) is 6.03. The van der Waals surface area contributed by atoms with Gasteiger partial charge in [0.2, 0.25) is 0 Å². The van der Waals surface area contributed by atoms with Crippen molar-refractivity contribution in [2.45, 2.75) is 31.4 Å². The van der Waals surface area contributed by atoms with Gasteiger partial charge in [0.15, 0.2) is 0 Å². The summed E-state index contributed by atoms with van der Waals surface area (Å²) < 4.78 is 7.33. The number of benzene rings is 1. The molecule has 0 radical (unpaired) electrons. The molecule has 4 rings (SSSR count). The van der Waals surface area contributed by atoms with Gasteiger partial charge in [-0.05, 0) is 30.5 Å². The lowest BCUT2D eigenvalue weighted by molar-refractivity contribution is -0.155. The Morgan fingerprint density at radius 3 is 2.68 bits per heavy atom. The number of aromatic nitrogens is 2. The molecular weight excluding hydrogens is 314 g/mol. The average Bonchev–Trinajstić information content (AvgIpc) is 3.03. The van der Waals surface area contributed by atoms with Crippen molar-refractivity contribution in [3.05, 3.63) is 48.0 Å². The summed E-state index contributed by atoms with van der Waals surface area (Å²) in [4.78, 5) is 6.99. The van der Waals surface area contributed by atoms with E-state index in [2.05, 4.69) is 22.0 Å². The van der Waals surface area contributed by atoms with Gasteiger partial charge in [0.05, 0.1) is 7.11 Å². The summed E-state index contributed by atoms with van der Waals surface area (Å²) in [5.41, 5.74) is 0.473. The quantitative estimate of drug-likeness (QED) is 0.928. The van der Waals surface area contributed by atoms with Crippen LogP contribution in [0.4, 0.5) is 0 Å². The van der Waals surface area contributed by atoms with Crippen LogP contribution in [0, 0.1) is 11.8 Å². The largest absolute Gasteiger partial charge is 0.497 e. The van der Waals surface area contributed by atoms with Crippen molar-refractivity contribution in [3.63, 3.8) is 0 Å². The predicted molar refractivity (Wildman–Crippen MR) is 96.2 cm³/mol. The third-order valence-corrected chi connectivity index (χ3v) is 6.03. The lowest BCUT2D eigenvalue weighted by atomic mass is 9.65. The molecule has 2 unspecified atom stereocenters. The molecule has 1 N–H and O–H groups in total. The zero-order valence-corrected chi connectivity index (χ0v) is 15.1. The first-order valence-corrected chi connectivity index (χ1v) is 9.16. The van der Waals surface area contributed by atoms with E-state index in [0.717, 1.165) is 44.0 Å². The summed E-state index contributed by atoms with van der Waals surface area (Å²) in [6.07, 6.45) is 7.06. The number of likely N-dealkylation sites (tertiary alicyclic amines) is 1. The minimum Gasteiger partial charge on any atom is -0.497 e. The number of imidazole rings is 1. The number of rotatable bonds is 4. The molecule has 2 bridgehead atoms. The van der Waals surface area contributed by atoms with Crippen molar-refractivity contribution < 1.29 is 9.84 Å². The second-order valence-electron chi connectivity index (χ2n) is 7.56. The number of hydrogen-bond donors (Lipinski definition) is 1. The number of aliphatic hydroxyl groups is 1. The van der Waals surface area contributed by atoms with Crippen LogP contribution >= 0.6 is 0 Å². The SMILES string of the molecule is COc1cccc(CN2CC3CCCC(C2)C3(O)c2nccn2C)c1. The summed E-state index contributed by atoms with van der Waals surface area (Å²) in [6.45, 7) is 2.73. The van der Waals surface area contributed by atoms with E-state index in [9.17, 15) is 5.11 Å². The topological polar surface area (TPSA) is 50.5 Å². The Morgan fingerprint density at radius 2 is 2.04 bits per heavy atom. The number of fused-ring (bicyclic) bond motifs is 2. The Hall–Kier alpha value is -1.85. The van der Waals surface area contributed by atoms with E-state index in [0.29, 0.717) is 0 Å². The van der Waals surface area contributed by atoms with Gasteiger partial charge in [0, 0.05) is 50.9 Å². The van der Waals surface area contributed by atoms with Crippen LogP contribution in [0.25, 0.3) is 0 Å². The molecule has 2 heterocycles. The lowest BCUT2D eigenvalue weighted by Crippen LogP contribution is -2.58. The molecule has 134 valence electrons. The van der Waals surface area contributed by atoms with E-state index in [1.807, 2.05) is 29.9 Å². The summed E-state index contributed by atoms with van der Waals surface area (Å²) in [5.74, 6) is 2.22. The fourth-order valence-electron chi connectivity index (χ4n) is 4.82. The van der Waals surface area contributed by atoms with Crippen molar-refractivity contribution in [1.29, 1.82) is 0 Å². The lowest BCUT2D eigenvalue weighted by Gasteiger charge is -2.52. The van der Waals surface area contributed by atoms with Gasteiger partial charge < -0.3 is 14.4 Å². The Kier molecular flexibility index (Phi) is 4.29. The van der Waals surface area contributed by atoms with E-state index >= 15 is 0 Å². The second kappa shape index (κ2) is 6.46. The highest BCUT2D eigenvalue weighted by Crippen LogP contribution is 2.48. The van der Waals surface area contributed by atoms with Gasteiger partial charge in [-0.25, -0.2) is 4.98 Å². The van der Waals surface area contributed by atoms with Gasteiger partial charge in [-0.2, -0.15) is 0 Å². The molecule has 1 aromatic carbocycles. The summed E-state index contributed by atoms with van der Waals surface area (Å²) in [6, 6.07) is 8.28. The van der Waals surface area contributed by atoms with Crippen LogP contribution in [0.3, 0.4) is 0 Å². The van der Waals surface area contributed by atoms with Gasteiger partial charge in [-0.3, -0.25) is 4.90 Å². The van der Waals surface area contributed by atoms with Crippen molar-refractivity contribution in [2.75, 3.05) is 20.2 Å². The molecule has 5 heteroatoms. The molecule has 2 aromatic rings. The molecule has 1 saturated carbocycles. The Labute approximate surface area is 149 Å². The van der Waals surface area contributed by atoms with E-state index < -0.39 is 5.60 Å². The summed E-state index contributed by atoms with van der Waals surface area (Å²) in [5, 5.41) is 11.6.